The molecular weight excluding hydrogens is 206 g/mol. The topological polar surface area (TPSA) is 70.9 Å². The van der Waals surface area contributed by atoms with Crippen molar-refractivity contribution in [3.8, 4) is 0 Å². The molecule has 2 heterocycles. The summed E-state index contributed by atoms with van der Waals surface area (Å²) in [6, 6.07) is 3.63. The van der Waals surface area contributed by atoms with Crippen LogP contribution in [0.3, 0.4) is 0 Å². The molecule has 0 bridgehead atoms. The lowest BCUT2D eigenvalue weighted by Crippen LogP contribution is -2.25. The lowest BCUT2D eigenvalue weighted by atomic mass is 10.1. The second kappa shape index (κ2) is 3.75. The van der Waals surface area contributed by atoms with Crippen LogP contribution in [0.15, 0.2) is 23.1 Å². The van der Waals surface area contributed by atoms with Gasteiger partial charge < -0.3 is 5.11 Å². The minimum absolute atomic E-state index is 0.182. The van der Waals surface area contributed by atoms with Gasteiger partial charge >= 0.3 is 5.69 Å². The molecule has 2 N–H and O–H groups in total. The van der Waals surface area contributed by atoms with Gasteiger partial charge in [-0.1, -0.05) is 0 Å². The first kappa shape index (κ1) is 10.9. The lowest BCUT2D eigenvalue weighted by Gasteiger charge is -2.16. The van der Waals surface area contributed by atoms with Crippen LogP contribution in [0, 0.1) is 0 Å². The van der Waals surface area contributed by atoms with Crippen LogP contribution in [-0.2, 0) is 6.54 Å². The minimum atomic E-state index is -0.773. The first-order chi connectivity index (χ1) is 7.47. The number of imidazole rings is 1. The Labute approximate surface area is 92.8 Å². The summed E-state index contributed by atoms with van der Waals surface area (Å²) in [5.41, 5.74) is 0.406. The minimum Gasteiger partial charge on any atom is -0.390 e. The van der Waals surface area contributed by atoms with Gasteiger partial charge in [-0.2, -0.15) is 0 Å². The molecule has 0 saturated carbocycles. The number of nitrogens with zero attached hydrogens (tertiary/aromatic N) is 2. The van der Waals surface area contributed by atoms with Crippen LogP contribution >= 0.6 is 0 Å². The predicted molar refractivity (Wildman–Crippen MR) is 61.3 cm³/mol. The molecule has 2 rings (SSSR count). The van der Waals surface area contributed by atoms with Gasteiger partial charge in [0.15, 0.2) is 5.65 Å². The summed E-state index contributed by atoms with van der Waals surface area (Å²) in [6.07, 6.45) is 2.16. The Morgan fingerprint density at radius 3 is 3.00 bits per heavy atom. The number of aliphatic hydroxyl groups is 1. The average molecular weight is 221 g/mol. The number of aryl methyl sites for hydroxylation is 1. The van der Waals surface area contributed by atoms with Gasteiger partial charge in [-0.25, -0.2) is 9.78 Å². The van der Waals surface area contributed by atoms with Crippen LogP contribution in [0.25, 0.3) is 11.2 Å². The van der Waals surface area contributed by atoms with Crippen molar-refractivity contribution in [3.63, 3.8) is 0 Å². The Balaban J connectivity index is 2.37. The second-order valence-corrected chi connectivity index (χ2v) is 4.52. The lowest BCUT2D eigenvalue weighted by molar-refractivity contribution is 0.0663. The summed E-state index contributed by atoms with van der Waals surface area (Å²) in [7, 11) is 0. The first-order valence-corrected chi connectivity index (χ1v) is 5.23. The van der Waals surface area contributed by atoms with E-state index in [0.717, 1.165) is 5.52 Å². The molecule has 86 valence electrons. The van der Waals surface area contributed by atoms with Crippen LogP contribution < -0.4 is 5.69 Å². The van der Waals surface area contributed by atoms with Crippen molar-refractivity contribution < 1.29 is 5.11 Å². The monoisotopic (exact) mass is 221 g/mol. The molecule has 0 radical (unpaired) electrons. The number of aromatic amines is 1. The standard InChI is InChI=1S/C11H15N3O2/c1-11(2,16)5-7-14-8-4-3-6-12-9(8)13-10(14)15/h3-4,6,16H,5,7H2,1-2H3,(H,12,13,15). The van der Waals surface area contributed by atoms with E-state index in [1.165, 1.54) is 0 Å². The summed E-state index contributed by atoms with van der Waals surface area (Å²) in [4.78, 5) is 18.4. The highest BCUT2D eigenvalue weighted by Gasteiger charge is 2.14. The molecule has 5 heteroatoms. The van der Waals surface area contributed by atoms with E-state index < -0.39 is 5.60 Å². The number of pyridine rings is 1. The summed E-state index contributed by atoms with van der Waals surface area (Å²) < 4.78 is 1.60. The van der Waals surface area contributed by atoms with Crippen LogP contribution in [0.1, 0.15) is 20.3 Å². The SMILES string of the molecule is CC(C)(O)CCn1c(=O)[nH]c2ncccc21. The van der Waals surface area contributed by atoms with Gasteiger partial charge in [0.05, 0.1) is 11.1 Å². The molecule has 0 fully saturated rings. The highest BCUT2D eigenvalue weighted by atomic mass is 16.3. The number of rotatable bonds is 3. The third-order valence-electron chi connectivity index (χ3n) is 2.49. The van der Waals surface area contributed by atoms with Gasteiger partial charge in [0.2, 0.25) is 0 Å². The smallest absolute Gasteiger partial charge is 0.327 e. The van der Waals surface area contributed by atoms with Crippen molar-refractivity contribution in [1.82, 2.24) is 14.5 Å². The van der Waals surface area contributed by atoms with E-state index in [-0.39, 0.29) is 5.69 Å². The van der Waals surface area contributed by atoms with Crippen molar-refractivity contribution in [2.75, 3.05) is 0 Å². The highest BCUT2D eigenvalue weighted by Crippen LogP contribution is 2.11. The first-order valence-electron chi connectivity index (χ1n) is 5.23. The van der Waals surface area contributed by atoms with Crippen LogP contribution in [0.5, 0.6) is 0 Å². The summed E-state index contributed by atoms with van der Waals surface area (Å²) in [6.45, 7) is 3.93. The van der Waals surface area contributed by atoms with E-state index in [4.69, 9.17) is 0 Å². The molecule has 0 saturated heterocycles. The fraction of sp³-hybridized carbons (Fsp3) is 0.455. The van der Waals surface area contributed by atoms with Crippen LogP contribution in [-0.4, -0.2) is 25.2 Å². The molecule has 0 aromatic carbocycles. The number of nitrogens with one attached hydrogen (secondary N) is 1. The molecule has 0 atom stereocenters. The molecule has 0 aliphatic rings. The Bertz CT molecular complexity index is 548. The maximum absolute atomic E-state index is 11.6. The summed E-state index contributed by atoms with van der Waals surface area (Å²) in [5, 5.41) is 9.64. The number of hydrogen-bond acceptors (Lipinski definition) is 3. The van der Waals surface area contributed by atoms with Gasteiger partial charge in [-0.3, -0.25) is 9.55 Å². The Hall–Kier alpha value is -1.62. The molecule has 16 heavy (non-hydrogen) atoms. The maximum atomic E-state index is 11.6. The fourth-order valence-electron chi connectivity index (χ4n) is 1.60. The molecule has 2 aromatic rings. The molecular formula is C11H15N3O2. The number of aromatic nitrogens is 3. The molecule has 2 aromatic heterocycles. The molecule has 0 unspecified atom stereocenters. The Morgan fingerprint density at radius 1 is 1.56 bits per heavy atom. The van der Waals surface area contributed by atoms with E-state index in [2.05, 4.69) is 9.97 Å². The zero-order chi connectivity index (χ0) is 11.8. The molecule has 0 amide bonds. The van der Waals surface area contributed by atoms with Crippen molar-refractivity contribution in [3.05, 3.63) is 28.8 Å². The van der Waals surface area contributed by atoms with Crippen molar-refractivity contribution in [2.45, 2.75) is 32.4 Å². The number of H-pyrrole nitrogens is 1. The molecule has 0 aliphatic carbocycles. The zero-order valence-electron chi connectivity index (χ0n) is 9.40. The van der Waals surface area contributed by atoms with Gasteiger partial charge in [-0.05, 0) is 32.4 Å². The van der Waals surface area contributed by atoms with Crippen molar-refractivity contribution in [2.24, 2.45) is 0 Å². The quantitative estimate of drug-likeness (QED) is 0.808. The van der Waals surface area contributed by atoms with Gasteiger partial charge in [0, 0.05) is 12.7 Å². The maximum Gasteiger partial charge on any atom is 0.327 e. The third kappa shape index (κ3) is 2.14. The molecule has 5 nitrogen and oxygen atoms in total. The summed E-state index contributed by atoms with van der Waals surface area (Å²) >= 11 is 0. The van der Waals surface area contributed by atoms with Crippen LogP contribution in [0.2, 0.25) is 0 Å². The fourth-order valence-corrected chi connectivity index (χ4v) is 1.60. The predicted octanol–water partition coefficient (Wildman–Crippen LogP) is 0.886. The molecule has 0 spiro atoms. The normalized spacial score (nSPS) is 12.2. The van der Waals surface area contributed by atoms with Gasteiger partial charge in [-0.15, -0.1) is 0 Å². The largest absolute Gasteiger partial charge is 0.390 e. The van der Waals surface area contributed by atoms with Crippen LogP contribution in [0.4, 0.5) is 0 Å². The second-order valence-electron chi connectivity index (χ2n) is 4.52. The zero-order valence-corrected chi connectivity index (χ0v) is 9.40. The van der Waals surface area contributed by atoms with E-state index in [0.29, 0.717) is 18.6 Å². The Kier molecular flexibility index (Phi) is 2.55. The van der Waals surface area contributed by atoms with E-state index >= 15 is 0 Å². The third-order valence-corrected chi connectivity index (χ3v) is 2.49. The van der Waals surface area contributed by atoms with E-state index in [1.54, 1.807) is 30.7 Å². The van der Waals surface area contributed by atoms with Crippen molar-refractivity contribution >= 4 is 11.2 Å². The Morgan fingerprint density at radius 2 is 2.31 bits per heavy atom. The molecule has 0 aliphatic heterocycles. The average Bonchev–Trinajstić information content (AvgIpc) is 2.49. The van der Waals surface area contributed by atoms with Crippen molar-refractivity contribution in [1.29, 1.82) is 0 Å². The van der Waals surface area contributed by atoms with Gasteiger partial charge in [0.1, 0.15) is 0 Å². The van der Waals surface area contributed by atoms with Gasteiger partial charge in [0.25, 0.3) is 0 Å². The number of fused-ring (bicyclic) bond motifs is 1. The van der Waals surface area contributed by atoms with E-state index in [1.807, 2.05) is 6.07 Å². The number of hydrogen-bond donors (Lipinski definition) is 2. The van der Waals surface area contributed by atoms with E-state index in [9.17, 15) is 9.90 Å². The summed E-state index contributed by atoms with van der Waals surface area (Å²) in [5.74, 6) is 0. The highest BCUT2D eigenvalue weighted by molar-refractivity contribution is 5.70.